The minimum Gasteiger partial charge on any atom is -0.312 e. The Kier molecular flexibility index (Phi) is 4.44. The Balaban J connectivity index is 1.76. The molecule has 23 heavy (non-hydrogen) atoms. The third kappa shape index (κ3) is 3.00. The van der Waals surface area contributed by atoms with Gasteiger partial charge in [0.25, 0.3) is 10.2 Å². The second-order valence-electron chi connectivity index (χ2n) is 6.36. The van der Waals surface area contributed by atoms with E-state index in [1.807, 2.05) is 29.2 Å². The van der Waals surface area contributed by atoms with Crippen molar-refractivity contribution < 1.29 is 13.2 Å². The predicted molar refractivity (Wildman–Crippen MR) is 89.4 cm³/mol. The third-order valence-corrected chi connectivity index (χ3v) is 6.58. The molecule has 1 aromatic rings. The molecule has 0 bridgehead atoms. The fraction of sp³-hybridized carbons (Fsp3) is 0.562. The van der Waals surface area contributed by atoms with E-state index in [0.717, 1.165) is 24.9 Å². The van der Waals surface area contributed by atoms with Crippen LogP contribution in [0, 0.1) is 5.92 Å². The number of hydrogen-bond acceptors (Lipinski definition) is 3. The number of piperidine rings is 1. The maximum atomic E-state index is 12.9. The summed E-state index contributed by atoms with van der Waals surface area (Å²) in [6.07, 6.45) is 2.34. The number of carbonyl (C=O) groups is 1. The van der Waals surface area contributed by atoms with Crippen LogP contribution in [0.2, 0.25) is 0 Å². The van der Waals surface area contributed by atoms with Crippen molar-refractivity contribution in [2.75, 3.05) is 38.6 Å². The number of carbonyl (C=O) groups excluding carboxylic acids is 1. The van der Waals surface area contributed by atoms with Crippen LogP contribution in [0.15, 0.2) is 24.3 Å². The van der Waals surface area contributed by atoms with Gasteiger partial charge >= 0.3 is 0 Å². The van der Waals surface area contributed by atoms with Crippen LogP contribution < -0.4 is 4.90 Å². The Morgan fingerprint density at radius 2 is 1.96 bits per heavy atom. The summed E-state index contributed by atoms with van der Waals surface area (Å²) >= 11 is 0. The zero-order valence-corrected chi connectivity index (χ0v) is 14.4. The molecule has 1 amide bonds. The Morgan fingerprint density at radius 3 is 2.70 bits per heavy atom. The van der Waals surface area contributed by atoms with Gasteiger partial charge in [0.2, 0.25) is 5.91 Å². The minimum atomic E-state index is -3.45. The van der Waals surface area contributed by atoms with Gasteiger partial charge in [-0.1, -0.05) is 18.2 Å². The third-order valence-electron chi connectivity index (χ3n) is 4.67. The van der Waals surface area contributed by atoms with Crippen LogP contribution in [-0.4, -0.2) is 56.7 Å². The summed E-state index contributed by atoms with van der Waals surface area (Å²) < 4.78 is 27.2. The monoisotopic (exact) mass is 337 g/mol. The molecular weight excluding hydrogens is 314 g/mol. The van der Waals surface area contributed by atoms with Crippen LogP contribution in [-0.2, 0) is 21.4 Å². The Labute approximate surface area is 137 Å². The standard InChI is InChI=1S/C16H23N3O3S/c1-17(2)23(21,22)18-10-5-7-14(12-18)16(20)19-11-9-13-6-3-4-8-15(13)19/h3-4,6,8,14H,5,7,9-12H2,1-2H3/t14-/m1/s1. The fourth-order valence-electron chi connectivity index (χ4n) is 3.37. The van der Waals surface area contributed by atoms with Crippen LogP contribution in [0.3, 0.4) is 0 Å². The largest absolute Gasteiger partial charge is 0.312 e. The summed E-state index contributed by atoms with van der Waals surface area (Å²) in [6, 6.07) is 7.94. The molecule has 1 saturated heterocycles. The lowest BCUT2D eigenvalue weighted by molar-refractivity contribution is -0.123. The minimum absolute atomic E-state index is 0.0496. The first kappa shape index (κ1) is 16.4. The van der Waals surface area contributed by atoms with Crippen molar-refractivity contribution in [3.8, 4) is 0 Å². The zero-order chi connectivity index (χ0) is 16.6. The normalized spacial score (nSPS) is 22.4. The summed E-state index contributed by atoms with van der Waals surface area (Å²) in [5.74, 6) is -0.210. The smallest absolute Gasteiger partial charge is 0.281 e. The lowest BCUT2D eigenvalue weighted by atomic mass is 9.98. The van der Waals surface area contributed by atoms with Gasteiger partial charge in [-0.3, -0.25) is 4.79 Å². The van der Waals surface area contributed by atoms with Gasteiger partial charge < -0.3 is 4.90 Å². The summed E-state index contributed by atoms with van der Waals surface area (Å²) in [6.45, 7) is 1.45. The molecule has 0 unspecified atom stereocenters. The number of nitrogens with zero attached hydrogens (tertiary/aromatic N) is 3. The fourth-order valence-corrected chi connectivity index (χ4v) is 4.56. The highest BCUT2D eigenvalue weighted by Gasteiger charge is 2.36. The molecule has 7 heteroatoms. The van der Waals surface area contributed by atoms with Crippen LogP contribution in [0.5, 0.6) is 0 Å². The van der Waals surface area contributed by atoms with Crippen molar-refractivity contribution in [1.29, 1.82) is 0 Å². The quantitative estimate of drug-likeness (QED) is 0.830. The molecule has 0 saturated carbocycles. The van der Waals surface area contributed by atoms with Crippen molar-refractivity contribution >= 4 is 21.8 Å². The van der Waals surface area contributed by atoms with E-state index in [0.29, 0.717) is 13.1 Å². The molecule has 0 N–H and O–H groups in total. The summed E-state index contributed by atoms with van der Waals surface area (Å²) in [7, 11) is -0.404. The number of fused-ring (bicyclic) bond motifs is 1. The average molecular weight is 337 g/mol. The van der Waals surface area contributed by atoms with Gasteiger partial charge in [-0.05, 0) is 30.9 Å². The number of para-hydroxylation sites is 1. The van der Waals surface area contributed by atoms with Gasteiger partial charge in [0, 0.05) is 39.4 Å². The molecule has 2 aliphatic heterocycles. The Bertz CT molecular complexity index is 702. The summed E-state index contributed by atoms with van der Waals surface area (Å²) in [5.41, 5.74) is 2.17. The molecule has 6 nitrogen and oxygen atoms in total. The van der Waals surface area contributed by atoms with Gasteiger partial charge in [-0.15, -0.1) is 0 Å². The second kappa shape index (κ2) is 6.22. The van der Waals surface area contributed by atoms with Crippen molar-refractivity contribution in [2.45, 2.75) is 19.3 Å². The zero-order valence-electron chi connectivity index (χ0n) is 13.6. The van der Waals surface area contributed by atoms with Crippen molar-refractivity contribution in [3.63, 3.8) is 0 Å². The van der Waals surface area contributed by atoms with Crippen LogP contribution in [0.4, 0.5) is 5.69 Å². The average Bonchev–Trinajstić information content (AvgIpc) is 2.98. The highest BCUT2D eigenvalue weighted by atomic mass is 32.2. The predicted octanol–water partition coefficient (Wildman–Crippen LogP) is 1.09. The van der Waals surface area contributed by atoms with Crippen molar-refractivity contribution in [2.24, 2.45) is 5.92 Å². The molecule has 2 heterocycles. The maximum Gasteiger partial charge on any atom is 0.281 e. The molecule has 1 aromatic carbocycles. The van der Waals surface area contributed by atoms with E-state index in [-0.39, 0.29) is 18.4 Å². The highest BCUT2D eigenvalue weighted by Crippen LogP contribution is 2.31. The Morgan fingerprint density at radius 1 is 1.22 bits per heavy atom. The van der Waals surface area contributed by atoms with E-state index in [1.54, 1.807) is 0 Å². The van der Waals surface area contributed by atoms with Gasteiger partial charge in [-0.25, -0.2) is 0 Å². The molecule has 0 radical (unpaired) electrons. The number of anilines is 1. The second-order valence-corrected chi connectivity index (χ2v) is 8.50. The van der Waals surface area contributed by atoms with E-state index in [9.17, 15) is 13.2 Å². The molecule has 0 spiro atoms. The molecular formula is C16H23N3O3S. The van der Waals surface area contributed by atoms with Crippen LogP contribution >= 0.6 is 0 Å². The molecule has 126 valence electrons. The SMILES string of the molecule is CN(C)S(=O)(=O)N1CCC[C@@H](C(=O)N2CCc3ccccc32)C1. The lowest BCUT2D eigenvalue weighted by Gasteiger charge is -2.34. The first-order valence-corrected chi connectivity index (χ1v) is 9.38. The van der Waals surface area contributed by atoms with Crippen LogP contribution in [0.1, 0.15) is 18.4 Å². The van der Waals surface area contributed by atoms with Gasteiger partial charge in [-0.2, -0.15) is 17.0 Å². The van der Waals surface area contributed by atoms with E-state index in [4.69, 9.17) is 0 Å². The van der Waals surface area contributed by atoms with Gasteiger partial charge in [0.1, 0.15) is 0 Å². The first-order chi connectivity index (χ1) is 10.9. The number of hydrogen-bond donors (Lipinski definition) is 0. The maximum absolute atomic E-state index is 12.9. The van der Waals surface area contributed by atoms with E-state index in [2.05, 4.69) is 0 Å². The summed E-state index contributed by atoms with van der Waals surface area (Å²) in [4.78, 5) is 14.7. The molecule has 0 aromatic heterocycles. The molecule has 3 rings (SSSR count). The molecule has 2 aliphatic rings. The highest BCUT2D eigenvalue weighted by molar-refractivity contribution is 7.86. The molecule has 0 aliphatic carbocycles. The topological polar surface area (TPSA) is 60.9 Å². The lowest BCUT2D eigenvalue weighted by Crippen LogP contribution is -2.49. The molecule has 1 atom stereocenters. The van der Waals surface area contributed by atoms with Crippen LogP contribution in [0.25, 0.3) is 0 Å². The van der Waals surface area contributed by atoms with Crippen molar-refractivity contribution in [1.82, 2.24) is 8.61 Å². The van der Waals surface area contributed by atoms with E-state index in [1.165, 1.54) is 28.3 Å². The number of rotatable bonds is 3. The molecule has 1 fully saturated rings. The number of benzene rings is 1. The van der Waals surface area contributed by atoms with Gasteiger partial charge in [0.15, 0.2) is 0 Å². The Hall–Kier alpha value is -1.44. The first-order valence-electron chi connectivity index (χ1n) is 7.98. The summed E-state index contributed by atoms with van der Waals surface area (Å²) in [5, 5.41) is 0. The van der Waals surface area contributed by atoms with E-state index < -0.39 is 10.2 Å². The van der Waals surface area contributed by atoms with E-state index >= 15 is 0 Å². The van der Waals surface area contributed by atoms with Gasteiger partial charge in [0.05, 0.1) is 5.92 Å². The van der Waals surface area contributed by atoms with Crippen molar-refractivity contribution in [3.05, 3.63) is 29.8 Å². The number of amides is 1.